The average molecular weight is 486 g/mol. The zero-order valence-electron chi connectivity index (χ0n) is 21.2. The largest absolute Gasteiger partial charge is 0.454 e. The molecule has 1 aliphatic carbocycles. The molecule has 1 fully saturated rings. The molecule has 1 saturated carbocycles. The van der Waals surface area contributed by atoms with Crippen molar-refractivity contribution in [1.29, 1.82) is 0 Å². The first-order valence-electron chi connectivity index (χ1n) is 12.8. The van der Waals surface area contributed by atoms with Crippen molar-refractivity contribution in [3.63, 3.8) is 0 Å². The van der Waals surface area contributed by atoms with Gasteiger partial charge >= 0.3 is 0 Å². The van der Waals surface area contributed by atoms with E-state index in [2.05, 4.69) is 38.2 Å². The quantitative estimate of drug-likeness (QED) is 0.389. The van der Waals surface area contributed by atoms with Gasteiger partial charge in [-0.1, -0.05) is 50.2 Å². The summed E-state index contributed by atoms with van der Waals surface area (Å²) < 4.78 is 11.0. The number of ketones is 1. The van der Waals surface area contributed by atoms with Crippen LogP contribution < -0.4 is 14.8 Å². The molecule has 3 aromatic carbocycles. The number of benzene rings is 3. The number of ether oxygens (including phenoxy) is 2. The van der Waals surface area contributed by atoms with Crippen LogP contribution in [0.1, 0.15) is 61.6 Å². The van der Waals surface area contributed by atoms with E-state index in [1.807, 2.05) is 48.5 Å². The van der Waals surface area contributed by atoms with E-state index in [-0.39, 0.29) is 19.9 Å². The second-order valence-electron chi connectivity index (χ2n) is 10.4. The number of hydrogen-bond donors (Lipinski definition) is 1. The minimum absolute atomic E-state index is 0. The molecule has 5 nitrogen and oxygen atoms in total. The maximum atomic E-state index is 13.5. The van der Waals surface area contributed by atoms with E-state index < -0.39 is 5.41 Å². The predicted octanol–water partition coefficient (Wildman–Crippen LogP) is 6.26. The summed E-state index contributed by atoms with van der Waals surface area (Å²) in [6.07, 6.45) is 3.08. The maximum Gasteiger partial charge on any atom is 0.251 e. The van der Waals surface area contributed by atoms with Crippen molar-refractivity contribution in [3.05, 3.63) is 82.9 Å². The molecule has 0 saturated heterocycles. The number of nitrogens with one attached hydrogen (secondary N) is 1. The molecule has 1 aliphatic heterocycles. The summed E-state index contributed by atoms with van der Waals surface area (Å²) in [6, 6.07) is 19.8. The first-order chi connectivity index (χ1) is 17.4. The lowest BCUT2D eigenvalue weighted by Gasteiger charge is -2.16. The molecule has 0 radical (unpaired) electrons. The third-order valence-corrected chi connectivity index (χ3v) is 7.34. The van der Waals surface area contributed by atoms with E-state index >= 15 is 0 Å². The first kappa shape index (κ1) is 24.1. The lowest BCUT2D eigenvalue weighted by molar-refractivity contribution is -0.120. The van der Waals surface area contributed by atoms with Gasteiger partial charge in [0.1, 0.15) is 5.78 Å². The number of fused-ring (bicyclic) bond motifs is 1. The van der Waals surface area contributed by atoms with Crippen LogP contribution in [0.4, 0.5) is 0 Å². The Bertz CT molecular complexity index is 1300. The summed E-state index contributed by atoms with van der Waals surface area (Å²) in [5.74, 6) is 2.22. The molecule has 0 atom stereocenters. The van der Waals surface area contributed by atoms with Crippen molar-refractivity contribution in [1.82, 2.24) is 5.32 Å². The maximum absolute atomic E-state index is 13.5. The number of rotatable bonds is 9. The third-order valence-electron chi connectivity index (χ3n) is 7.34. The van der Waals surface area contributed by atoms with E-state index in [1.165, 1.54) is 0 Å². The van der Waals surface area contributed by atoms with Gasteiger partial charge in [-0.2, -0.15) is 0 Å². The molecule has 1 amide bonds. The number of hydrogen-bond acceptors (Lipinski definition) is 4. The standard InChI is InChI=1S/C31H33NO4.H2/c1-20(2)12-15-32-30(34)24-8-6-23(7-9-24)26-16-22(5-4-21(26)3)17-29(33)31(13-14-31)25-10-11-27-28(18-25)36-19-35-27;/h4-11,16,18,20H,12-15,17,19H2,1-3H3,(H,32,34);1H. The fraction of sp³-hybridized carbons (Fsp3) is 0.355. The van der Waals surface area contributed by atoms with Gasteiger partial charge in [0.05, 0.1) is 5.41 Å². The number of aryl methyl sites for hydroxylation is 1. The highest BCUT2D eigenvalue weighted by Crippen LogP contribution is 2.51. The smallest absolute Gasteiger partial charge is 0.251 e. The Morgan fingerprint density at radius 3 is 2.44 bits per heavy atom. The van der Waals surface area contributed by atoms with Crippen LogP contribution >= 0.6 is 0 Å². The van der Waals surface area contributed by atoms with Gasteiger partial charge in [0.2, 0.25) is 6.79 Å². The first-order valence-corrected chi connectivity index (χ1v) is 12.8. The topological polar surface area (TPSA) is 64.6 Å². The SMILES string of the molecule is Cc1ccc(CC(=O)C2(c3ccc4c(c3)OCO4)CC2)cc1-c1ccc(C(=O)NCCC(C)C)cc1.[HH]. The second kappa shape index (κ2) is 9.81. The summed E-state index contributed by atoms with van der Waals surface area (Å²) in [6.45, 7) is 7.28. The Hall–Kier alpha value is -3.60. The van der Waals surface area contributed by atoms with Crippen LogP contribution in [0.15, 0.2) is 60.7 Å². The van der Waals surface area contributed by atoms with Crippen molar-refractivity contribution in [2.75, 3.05) is 13.3 Å². The minimum Gasteiger partial charge on any atom is -0.454 e. The van der Waals surface area contributed by atoms with Gasteiger partial charge in [-0.3, -0.25) is 9.59 Å². The Labute approximate surface area is 214 Å². The number of amides is 1. The monoisotopic (exact) mass is 485 g/mol. The number of Topliss-reactive ketones (excluding diaryl/α,β-unsaturated/α-hetero) is 1. The third kappa shape index (κ3) is 4.88. The molecule has 36 heavy (non-hydrogen) atoms. The average Bonchev–Trinajstić information content (AvgIpc) is 3.56. The highest BCUT2D eigenvalue weighted by molar-refractivity contribution is 5.95. The van der Waals surface area contributed by atoms with Crippen LogP contribution in [-0.2, 0) is 16.6 Å². The Morgan fingerprint density at radius 2 is 1.72 bits per heavy atom. The fourth-order valence-corrected chi connectivity index (χ4v) is 4.87. The van der Waals surface area contributed by atoms with Crippen LogP contribution in [0, 0.1) is 12.8 Å². The second-order valence-corrected chi connectivity index (χ2v) is 10.4. The molecular weight excluding hydrogens is 450 g/mol. The normalized spacial score (nSPS) is 15.1. The Kier molecular flexibility index (Phi) is 6.57. The molecule has 188 valence electrons. The zero-order valence-corrected chi connectivity index (χ0v) is 21.2. The van der Waals surface area contributed by atoms with Gasteiger partial charge in [0, 0.05) is 20.0 Å². The Balaban J connectivity index is 0.00000320. The summed E-state index contributed by atoms with van der Waals surface area (Å²) >= 11 is 0. The molecule has 5 heteroatoms. The van der Waals surface area contributed by atoms with E-state index in [0.717, 1.165) is 58.6 Å². The van der Waals surface area contributed by atoms with Crippen LogP contribution in [0.25, 0.3) is 11.1 Å². The van der Waals surface area contributed by atoms with Crippen molar-refractivity contribution >= 4 is 11.7 Å². The molecule has 0 spiro atoms. The van der Waals surface area contributed by atoms with E-state index in [1.54, 1.807) is 0 Å². The van der Waals surface area contributed by atoms with Crippen molar-refractivity contribution < 1.29 is 20.5 Å². The van der Waals surface area contributed by atoms with Gasteiger partial charge in [-0.05, 0) is 84.2 Å². The zero-order chi connectivity index (χ0) is 25.3. The van der Waals surface area contributed by atoms with Gasteiger partial charge in [0.15, 0.2) is 11.5 Å². The molecule has 3 aromatic rings. The molecule has 1 N–H and O–H groups in total. The van der Waals surface area contributed by atoms with Gasteiger partial charge < -0.3 is 14.8 Å². The molecule has 5 rings (SSSR count). The lowest BCUT2D eigenvalue weighted by Crippen LogP contribution is -2.25. The summed E-state index contributed by atoms with van der Waals surface area (Å²) in [7, 11) is 0. The number of carbonyl (C=O) groups is 2. The lowest BCUT2D eigenvalue weighted by atomic mass is 9.87. The minimum atomic E-state index is -0.420. The van der Waals surface area contributed by atoms with Crippen LogP contribution in [-0.4, -0.2) is 25.0 Å². The van der Waals surface area contributed by atoms with Crippen LogP contribution in [0.5, 0.6) is 11.5 Å². The van der Waals surface area contributed by atoms with Gasteiger partial charge in [-0.25, -0.2) is 0 Å². The van der Waals surface area contributed by atoms with Crippen molar-refractivity contribution in [2.45, 2.75) is 51.9 Å². The van der Waals surface area contributed by atoms with Crippen molar-refractivity contribution in [3.8, 4) is 22.6 Å². The Morgan fingerprint density at radius 1 is 0.972 bits per heavy atom. The summed E-state index contributed by atoms with van der Waals surface area (Å²) in [4.78, 5) is 25.9. The van der Waals surface area contributed by atoms with Crippen LogP contribution in [0.3, 0.4) is 0 Å². The molecular formula is C31H35NO4. The molecule has 1 heterocycles. The molecule has 2 aliphatic rings. The molecule has 0 unspecified atom stereocenters. The number of carbonyl (C=O) groups excluding carboxylic acids is 2. The van der Waals surface area contributed by atoms with Gasteiger partial charge in [-0.15, -0.1) is 0 Å². The van der Waals surface area contributed by atoms with E-state index in [0.29, 0.717) is 24.4 Å². The highest BCUT2D eigenvalue weighted by Gasteiger charge is 2.50. The predicted molar refractivity (Wildman–Crippen MR) is 143 cm³/mol. The summed E-state index contributed by atoms with van der Waals surface area (Å²) in [5, 5.41) is 2.99. The van der Waals surface area contributed by atoms with E-state index in [9.17, 15) is 9.59 Å². The highest BCUT2D eigenvalue weighted by atomic mass is 16.7. The van der Waals surface area contributed by atoms with E-state index in [4.69, 9.17) is 9.47 Å². The fourth-order valence-electron chi connectivity index (χ4n) is 4.87. The van der Waals surface area contributed by atoms with Crippen LogP contribution in [0.2, 0.25) is 0 Å². The van der Waals surface area contributed by atoms with Gasteiger partial charge in [0.25, 0.3) is 5.91 Å². The molecule has 0 bridgehead atoms. The summed E-state index contributed by atoms with van der Waals surface area (Å²) in [5.41, 5.74) is 5.52. The molecule has 0 aromatic heterocycles. The van der Waals surface area contributed by atoms with Crippen molar-refractivity contribution in [2.24, 2.45) is 5.92 Å².